The van der Waals surface area contributed by atoms with E-state index < -0.39 is 0 Å². The highest BCUT2D eigenvalue weighted by atomic mass is 32.2. The van der Waals surface area contributed by atoms with Crippen molar-refractivity contribution in [3.05, 3.63) is 35.8 Å². The molecule has 0 radical (unpaired) electrons. The van der Waals surface area contributed by atoms with E-state index in [1.54, 1.807) is 0 Å². The monoisotopic (exact) mass is 332 g/mol. The highest BCUT2D eigenvalue weighted by Crippen LogP contribution is 2.30. The van der Waals surface area contributed by atoms with Crippen LogP contribution in [0.1, 0.15) is 30.7 Å². The third kappa shape index (κ3) is 3.47. The Hall–Kier alpha value is -1.69. The number of nitrogens with zero attached hydrogens (tertiary/aromatic N) is 3. The molecule has 1 N–H and O–H groups in total. The zero-order chi connectivity index (χ0) is 16.4. The average Bonchev–Trinajstić information content (AvgIpc) is 3.19. The second kappa shape index (κ2) is 6.83. The molecule has 2 amide bonds. The van der Waals surface area contributed by atoms with Gasteiger partial charge in [-0.1, -0.05) is 6.07 Å². The van der Waals surface area contributed by atoms with Crippen LogP contribution in [0.5, 0.6) is 0 Å². The van der Waals surface area contributed by atoms with Crippen molar-refractivity contribution in [2.75, 3.05) is 13.3 Å². The van der Waals surface area contributed by atoms with Crippen LogP contribution in [-0.4, -0.2) is 44.9 Å². The average molecular weight is 332 g/mol. The summed E-state index contributed by atoms with van der Waals surface area (Å²) in [5.74, 6) is 0. The summed E-state index contributed by atoms with van der Waals surface area (Å²) in [6.07, 6.45) is 7.54. The predicted octanol–water partition coefficient (Wildman–Crippen LogP) is 3.07. The van der Waals surface area contributed by atoms with Crippen molar-refractivity contribution >= 4 is 23.4 Å². The van der Waals surface area contributed by atoms with E-state index in [2.05, 4.69) is 16.6 Å². The molecule has 0 aliphatic heterocycles. The van der Waals surface area contributed by atoms with Gasteiger partial charge in [0, 0.05) is 30.2 Å². The number of amides is 2. The summed E-state index contributed by atoms with van der Waals surface area (Å²) in [5, 5.41) is 3.68. The van der Waals surface area contributed by atoms with E-state index >= 15 is 0 Å². The summed E-state index contributed by atoms with van der Waals surface area (Å²) in [6.45, 7) is 2.51. The predicted molar refractivity (Wildman–Crippen MR) is 94.9 cm³/mol. The second-order valence-electron chi connectivity index (χ2n) is 6.22. The summed E-state index contributed by atoms with van der Waals surface area (Å²) in [6, 6.07) is 6.37. The zero-order valence-corrected chi connectivity index (χ0v) is 14.8. The van der Waals surface area contributed by atoms with Crippen molar-refractivity contribution in [3.63, 3.8) is 0 Å². The van der Waals surface area contributed by atoms with Gasteiger partial charge in [0.15, 0.2) is 0 Å². The fourth-order valence-corrected chi connectivity index (χ4v) is 4.01. The van der Waals surface area contributed by atoms with Gasteiger partial charge in [0.25, 0.3) is 0 Å². The van der Waals surface area contributed by atoms with Crippen molar-refractivity contribution < 1.29 is 4.79 Å². The maximum atomic E-state index is 12.4. The number of fused-ring (bicyclic) bond motifs is 1. The fraction of sp³-hybridized carbons (Fsp3) is 0.529. The molecular formula is C17H24N4OS. The number of carbonyl (C=O) groups is 1. The van der Waals surface area contributed by atoms with E-state index in [0.717, 1.165) is 29.9 Å². The van der Waals surface area contributed by atoms with Crippen LogP contribution in [0.3, 0.4) is 0 Å². The molecule has 2 heterocycles. The Morgan fingerprint density at radius 1 is 1.48 bits per heavy atom. The summed E-state index contributed by atoms with van der Waals surface area (Å²) in [7, 11) is 1.90. The SMILES string of the molecule is CS[C@@H]1CC[C@@H](N(C)C(=O)NCc2cn3c(C)cccc3n2)C1. The third-order valence-electron chi connectivity index (χ3n) is 4.72. The van der Waals surface area contributed by atoms with Crippen LogP contribution >= 0.6 is 11.8 Å². The number of aromatic nitrogens is 2. The van der Waals surface area contributed by atoms with Gasteiger partial charge in [-0.2, -0.15) is 11.8 Å². The number of rotatable bonds is 4. The van der Waals surface area contributed by atoms with Gasteiger partial charge >= 0.3 is 6.03 Å². The van der Waals surface area contributed by atoms with Gasteiger partial charge < -0.3 is 14.6 Å². The van der Waals surface area contributed by atoms with E-state index in [-0.39, 0.29) is 6.03 Å². The number of aryl methyl sites for hydroxylation is 1. The molecule has 23 heavy (non-hydrogen) atoms. The Morgan fingerprint density at radius 3 is 3.00 bits per heavy atom. The first-order chi connectivity index (χ1) is 11.1. The molecule has 0 unspecified atom stereocenters. The van der Waals surface area contributed by atoms with Crippen LogP contribution in [0.4, 0.5) is 4.79 Å². The molecule has 6 heteroatoms. The third-order valence-corrected chi connectivity index (χ3v) is 5.82. The zero-order valence-electron chi connectivity index (χ0n) is 14.0. The number of carbonyl (C=O) groups excluding carboxylic acids is 1. The fourth-order valence-electron chi connectivity index (χ4n) is 3.22. The highest BCUT2D eigenvalue weighted by molar-refractivity contribution is 7.99. The molecule has 0 bridgehead atoms. The summed E-state index contributed by atoms with van der Waals surface area (Å²) < 4.78 is 2.05. The van der Waals surface area contributed by atoms with E-state index in [1.165, 1.54) is 6.42 Å². The Bertz CT molecular complexity index is 699. The van der Waals surface area contributed by atoms with Crippen LogP contribution in [0.25, 0.3) is 5.65 Å². The van der Waals surface area contributed by atoms with Crippen LogP contribution < -0.4 is 5.32 Å². The van der Waals surface area contributed by atoms with Crippen LogP contribution in [0.15, 0.2) is 24.4 Å². The first-order valence-corrected chi connectivity index (χ1v) is 9.34. The van der Waals surface area contributed by atoms with Crippen LogP contribution in [0.2, 0.25) is 0 Å². The maximum absolute atomic E-state index is 12.4. The highest BCUT2D eigenvalue weighted by Gasteiger charge is 2.29. The minimum absolute atomic E-state index is 0.00877. The lowest BCUT2D eigenvalue weighted by molar-refractivity contribution is 0.190. The number of thioether (sulfide) groups is 1. The summed E-state index contributed by atoms with van der Waals surface area (Å²) in [5.41, 5.74) is 2.94. The van der Waals surface area contributed by atoms with E-state index in [1.807, 2.05) is 59.4 Å². The number of hydrogen-bond acceptors (Lipinski definition) is 3. The number of imidazole rings is 1. The van der Waals surface area contributed by atoms with Crippen molar-refractivity contribution in [1.29, 1.82) is 0 Å². The Morgan fingerprint density at radius 2 is 2.30 bits per heavy atom. The van der Waals surface area contributed by atoms with Gasteiger partial charge in [-0.3, -0.25) is 0 Å². The molecule has 3 rings (SSSR count). The van der Waals surface area contributed by atoms with Gasteiger partial charge in [0.05, 0.1) is 12.2 Å². The van der Waals surface area contributed by atoms with Crippen molar-refractivity contribution in [2.45, 2.75) is 44.0 Å². The van der Waals surface area contributed by atoms with Gasteiger partial charge in [0.2, 0.25) is 0 Å². The lowest BCUT2D eigenvalue weighted by Crippen LogP contribution is -2.42. The minimum atomic E-state index is -0.00877. The van der Waals surface area contributed by atoms with Crippen molar-refractivity contribution in [2.24, 2.45) is 0 Å². The molecule has 1 aliphatic rings. The lowest BCUT2D eigenvalue weighted by Gasteiger charge is -2.24. The molecule has 1 saturated carbocycles. The minimum Gasteiger partial charge on any atom is -0.332 e. The van der Waals surface area contributed by atoms with Crippen molar-refractivity contribution in [1.82, 2.24) is 19.6 Å². The normalized spacial score (nSPS) is 20.8. The standard InChI is InChI=1S/C17H24N4OS/c1-12-5-4-6-16-19-13(11-21(12)16)10-18-17(22)20(2)14-7-8-15(9-14)23-3/h4-6,11,14-15H,7-10H2,1-3H3,(H,18,22)/t14-,15-/m1/s1. The summed E-state index contributed by atoms with van der Waals surface area (Å²) in [4.78, 5) is 18.8. The molecule has 0 aromatic carbocycles. The molecular weight excluding hydrogens is 308 g/mol. The van der Waals surface area contributed by atoms with E-state index in [4.69, 9.17) is 0 Å². The quantitative estimate of drug-likeness (QED) is 0.936. The number of hydrogen-bond donors (Lipinski definition) is 1. The van der Waals surface area contributed by atoms with Crippen LogP contribution in [0, 0.1) is 6.92 Å². The molecule has 2 aromatic rings. The first-order valence-electron chi connectivity index (χ1n) is 8.05. The largest absolute Gasteiger partial charge is 0.332 e. The molecule has 2 atom stereocenters. The Balaban J connectivity index is 1.58. The van der Waals surface area contributed by atoms with Gasteiger partial charge in [0.1, 0.15) is 5.65 Å². The molecule has 0 spiro atoms. The second-order valence-corrected chi connectivity index (χ2v) is 7.36. The number of nitrogens with one attached hydrogen (secondary N) is 1. The lowest BCUT2D eigenvalue weighted by atomic mass is 10.2. The Kier molecular flexibility index (Phi) is 4.80. The molecule has 0 saturated heterocycles. The summed E-state index contributed by atoms with van der Waals surface area (Å²) >= 11 is 1.91. The van der Waals surface area contributed by atoms with Gasteiger partial charge in [-0.05, 0) is 44.6 Å². The van der Waals surface area contributed by atoms with Gasteiger partial charge in [-0.15, -0.1) is 0 Å². The topological polar surface area (TPSA) is 49.6 Å². The van der Waals surface area contributed by atoms with E-state index in [9.17, 15) is 4.79 Å². The maximum Gasteiger partial charge on any atom is 0.317 e. The van der Waals surface area contributed by atoms with E-state index in [0.29, 0.717) is 17.8 Å². The number of pyridine rings is 1. The van der Waals surface area contributed by atoms with Crippen LogP contribution in [-0.2, 0) is 6.54 Å². The molecule has 5 nitrogen and oxygen atoms in total. The Labute approximate surface area is 141 Å². The molecule has 2 aromatic heterocycles. The molecule has 1 aliphatic carbocycles. The number of urea groups is 1. The first kappa shape index (κ1) is 16.2. The smallest absolute Gasteiger partial charge is 0.317 e. The van der Waals surface area contributed by atoms with Crippen molar-refractivity contribution in [3.8, 4) is 0 Å². The molecule has 124 valence electrons. The molecule has 1 fully saturated rings. The van der Waals surface area contributed by atoms with Gasteiger partial charge in [-0.25, -0.2) is 9.78 Å².